The number of aromatic nitrogens is 3. The molecule has 0 aliphatic rings. The highest BCUT2D eigenvalue weighted by atomic mass is 35.5. The lowest BCUT2D eigenvalue weighted by molar-refractivity contribution is -0.140. The summed E-state index contributed by atoms with van der Waals surface area (Å²) in [5.41, 5.74) is 0.214. The van der Waals surface area contributed by atoms with Crippen LogP contribution < -0.4 is 5.32 Å². The van der Waals surface area contributed by atoms with Crippen LogP contribution in [-0.2, 0) is 12.7 Å². The summed E-state index contributed by atoms with van der Waals surface area (Å²) < 4.78 is 54.8. The number of carbonyl (C=O) groups excluding carboxylic acids is 1. The van der Waals surface area contributed by atoms with Gasteiger partial charge in [-0.25, -0.2) is 14.4 Å². The first-order chi connectivity index (χ1) is 14.1. The molecule has 3 aromatic rings. The molecule has 10 heteroatoms. The van der Waals surface area contributed by atoms with Crippen LogP contribution in [0.5, 0.6) is 0 Å². The van der Waals surface area contributed by atoms with Gasteiger partial charge in [0.15, 0.2) is 23.0 Å². The van der Waals surface area contributed by atoms with Crippen LogP contribution in [0.3, 0.4) is 0 Å². The number of hydrogen-bond acceptors (Lipinski definition) is 4. The quantitative estimate of drug-likeness (QED) is 0.300. The van der Waals surface area contributed by atoms with Crippen LogP contribution in [0.2, 0.25) is 5.15 Å². The van der Waals surface area contributed by atoms with Crippen molar-refractivity contribution >= 4 is 23.6 Å². The number of nitrogens with one attached hydrogen (secondary N) is 1. The van der Waals surface area contributed by atoms with Gasteiger partial charge in [-0.2, -0.15) is 13.2 Å². The number of aldehydes is 1. The first-order valence-electron chi connectivity index (χ1n) is 8.90. The van der Waals surface area contributed by atoms with E-state index < -0.39 is 17.7 Å². The molecule has 0 unspecified atom stereocenters. The molecule has 0 saturated heterocycles. The van der Waals surface area contributed by atoms with Gasteiger partial charge in [0, 0.05) is 30.5 Å². The average Bonchev–Trinajstić information content (AvgIpc) is 3.16. The molecule has 0 atom stereocenters. The number of benzene rings is 1. The molecule has 2 aromatic heterocycles. The Labute approximate surface area is 174 Å². The van der Waals surface area contributed by atoms with Crippen molar-refractivity contribution in [1.29, 1.82) is 0 Å². The molecular formula is C20H17ClF4N4O. The van der Waals surface area contributed by atoms with Gasteiger partial charge in [-0.15, -0.1) is 0 Å². The van der Waals surface area contributed by atoms with Gasteiger partial charge in [0.2, 0.25) is 0 Å². The van der Waals surface area contributed by atoms with Crippen molar-refractivity contribution in [3.63, 3.8) is 0 Å². The molecule has 0 fully saturated rings. The number of carbonyl (C=O) groups is 1. The van der Waals surface area contributed by atoms with E-state index in [1.807, 2.05) is 0 Å². The maximum atomic E-state index is 14.1. The monoisotopic (exact) mass is 440 g/mol. The Bertz CT molecular complexity index is 1060. The van der Waals surface area contributed by atoms with Gasteiger partial charge in [-0.05, 0) is 19.4 Å². The van der Waals surface area contributed by atoms with Crippen LogP contribution in [0.15, 0.2) is 36.7 Å². The molecule has 158 valence electrons. The van der Waals surface area contributed by atoms with Gasteiger partial charge in [-0.3, -0.25) is 4.79 Å². The Balaban J connectivity index is 1.84. The number of alkyl halides is 3. The minimum atomic E-state index is -4.54. The normalized spacial score (nSPS) is 11.7. The Morgan fingerprint density at radius 1 is 1.23 bits per heavy atom. The second-order valence-corrected chi connectivity index (χ2v) is 7.17. The molecule has 1 aromatic carbocycles. The standard InChI is InChI=1S/C20H17ClF4N4O/c1-11(2)29-9-15(20(23,24)25)28-19(29)13-5-3-12(4-6-13)7-26-17-14(10-30)8-27-18(21)16(17)22/h3-6,8-11H,7H2,1-2H3,(H,26,27). The molecular weight excluding hydrogens is 424 g/mol. The SMILES string of the molecule is CC(C)n1cc(C(F)(F)F)nc1-c1ccc(CNc2c(C=O)cnc(Cl)c2F)cc1. The highest BCUT2D eigenvalue weighted by molar-refractivity contribution is 6.30. The number of imidazole rings is 1. The Morgan fingerprint density at radius 2 is 1.90 bits per heavy atom. The molecule has 0 aliphatic heterocycles. The number of halogens is 5. The molecule has 0 aliphatic carbocycles. The largest absolute Gasteiger partial charge is 0.434 e. The van der Waals surface area contributed by atoms with E-state index in [1.165, 1.54) is 4.57 Å². The zero-order valence-electron chi connectivity index (χ0n) is 16.0. The number of hydrogen-bond donors (Lipinski definition) is 1. The fourth-order valence-corrected chi connectivity index (χ4v) is 2.99. The molecule has 30 heavy (non-hydrogen) atoms. The molecule has 3 rings (SSSR count). The fourth-order valence-electron chi connectivity index (χ4n) is 2.85. The van der Waals surface area contributed by atoms with Crippen molar-refractivity contribution in [2.24, 2.45) is 0 Å². The second-order valence-electron chi connectivity index (χ2n) is 6.81. The third-order valence-electron chi connectivity index (χ3n) is 4.39. The summed E-state index contributed by atoms with van der Waals surface area (Å²) >= 11 is 5.66. The lowest BCUT2D eigenvalue weighted by Crippen LogP contribution is -2.06. The number of anilines is 1. The molecule has 0 radical (unpaired) electrons. The minimum Gasteiger partial charge on any atom is -0.378 e. The lowest BCUT2D eigenvalue weighted by atomic mass is 10.1. The third kappa shape index (κ3) is 4.46. The summed E-state index contributed by atoms with van der Waals surface area (Å²) in [5.74, 6) is -0.636. The van der Waals surface area contributed by atoms with Gasteiger partial charge in [0.1, 0.15) is 5.82 Å². The Kier molecular flexibility index (Phi) is 6.12. The number of pyridine rings is 1. The summed E-state index contributed by atoms with van der Waals surface area (Å²) in [5, 5.41) is 2.44. The number of nitrogens with zero attached hydrogens (tertiary/aromatic N) is 3. The maximum absolute atomic E-state index is 14.1. The van der Waals surface area contributed by atoms with Gasteiger partial charge >= 0.3 is 6.18 Å². The second kappa shape index (κ2) is 8.43. The zero-order chi connectivity index (χ0) is 22.1. The van der Waals surface area contributed by atoms with E-state index in [2.05, 4.69) is 15.3 Å². The maximum Gasteiger partial charge on any atom is 0.434 e. The van der Waals surface area contributed by atoms with E-state index in [1.54, 1.807) is 38.1 Å². The van der Waals surface area contributed by atoms with Crippen molar-refractivity contribution in [2.75, 3.05) is 5.32 Å². The van der Waals surface area contributed by atoms with Crippen molar-refractivity contribution in [1.82, 2.24) is 14.5 Å². The minimum absolute atomic E-state index is 0.0205. The molecule has 1 N–H and O–H groups in total. The van der Waals surface area contributed by atoms with Gasteiger partial charge in [0.25, 0.3) is 0 Å². The van der Waals surface area contributed by atoms with Gasteiger partial charge in [0.05, 0.1) is 11.3 Å². The third-order valence-corrected chi connectivity index (χ3v) is 4.66. The molecule has 2 heterocycles. The Morgan fingerprint density at radius 3 is 2.47 bits per heavy atom. The predicted octanol–water partition coefficient (Wildman–Crippen LogP) is 5.76. The first kappa shape index (κ1) is 21.8. The van der Waals surface area contributed by atoms with E-state index in [0.29, 0.717) is 17.4 Å². The topological polar surface area (TPSA) is 59.8 Å². The molecule has 5 nitrogen and oxygen atoms in total. The van der Waals surface area contributed by atoms with Gasteiger partial charge < -0.3 is 9.88 Å². The summed E-state index contributed by atoms with van der Waals surface area (Å²) in [6, 6.07) is 6.40. The van der Waals surface area contributed by atoms with Gasteiger partial charge in [-0.1, -0.05) is 35.9 Å². The summed E-state index contributed by atoms with van der Waals surface area (Å²) in [6.07, 6.45) is -1.92. The highest BCUT2D eigenvalue weighted by Crippen LogP contribution is 2.32. The fraction of sp³-hybridized carbons (Fsp3) is 0.250. The van der Waals surface area contributed by atoms with Crippen molar-refractivity contribution in [3.8, 4) is 11.4 Å². The van der Waals surface area contributed by atoms with E-state index in [0.717, 1.165) is 12.4 Å². The first-order valence-corrected chi connectivity index (χ1v) is 9.28. The van der Waals surface area contributed by atoms with E-state index in [-0.39, 0.29) is 34.8 Å². The smallest absolute Gasteiger partial charge is 0.378 e. The van der Waals surface area contributed by atoms with Crippen LogP contribution in [0, 0.1) is 5.82 Å². The predicted molar refractivity (Wildman–Crippen MR) is 105 cm³/mol. The molecule has 0 saturated carbocycles. The molecule has 0 bridgehead atoms. The van der Waals surface area contributed by atoms with Crippen LogP contribution in [-0.4, -0.2) is 20.8 Å². The summed E-state index contributed by atoms with van der Waals surface area (Å²) in [6.45, 7) is 3.69. The van der Waals surface area contributed by atoms with Crippen molar-refractivity contribution < 1.29 is 22.4 Å². The Hall–Kier alpha value is -2.94. The summed E-state index contributed by atoms with van der Waals surface area (Å²) in [4.78, 5) is 18.4. The van der Waals surface area contributed by atoms with E-state index >= 15 is 0 Å². The molecule has 0 amide bonds. The van der Waals surface area contributed by atoms with Crippen LogP contribution in [0.1, 0.15) is 41.5 Å². The highest BCUT2D eigenvalue weighted by Gasteiger charge is 2.35. The molecule has 0 spiro atoms. The van der Waals surface area contributed by atoms with Crippen LogP contribution in [0.4, 0.5) is 23.2 Å². The van der Waals surface area contributed by atoms with Crippen LogP contribution in [0.25, 0.3) is 11.4 Å². The summed E-state index contributed by atoms with van der Waals surface area (Å²) in [7, 11) is 0. The van der Waals surface area contributed by atoms with Crippen LogP contribution >= 0.6 is 11.6 Å². The van der Waals surface area contributed by atoms with E-state index in [9.17, 15) is 22.4 Å². The lowest BCUT2D eigenvalue weighted by Gasteiger charge is -2.13. The van der Waals surface area contributed by atoms with E-state index in [4.69, 9.17) is 11.6 Å². The van der Waals surface area contributed by atoms with Crippen molar-refractivity contribution in [3.05, 3.63) is 64.5 Å². The van der Waals surface area contributed by atoms with Crippen molar-refractivity contribution in [2.45, 2.75) is 32.6 Å². The zero-order valence-corrected chi connectivity index (χ0v) is 16.7. The number of rotatable bonds is 6. The average molecular weight is 441 g/mol.